The quantitative estimate of drug-likeness (QED) is 0.788. The molecule has 0 unspecified atom stereocenters. The van der Waals surface area contributed by atoms with Crippen molar-refractivity contribution in [3.05, 3.63) is 24.2 Å². The topological polar surface area (TPSA) is 73.1 Å². The van der Waals surface area contributed by atoms with Crippen LogP contribution < -0.4 is 5.32 Å². The summed E-state index contributed by atoms with van der Waals surface area (Å²) in [7, 11) is 0. The number of hydrogen-bond donors (Lipinski definition) is 1. The molecule has 6 nitrogen and oxygen atoms in total. The fourth-order valence-electron chi connectivity index (χ4n) is 2.63. The highest BCUT2D eigenvalue weighted by Crippen LogP contribution is 2.21. The molecule has 0 amide bonds. The normalized spacial score (nSPS) is 17.8. The van der Waals surface area contributed by atoms with E-state index in [0.717, 1.165) is 49.3 Å². The predicted octanol–water partition coefficient (Wildman–Crippen LogP) is 3.48. The molecule has 0 radical (unpaired) electrons. The van der Waals surface area contributed by atoms with Gasteiger partial charge in [-0.05, 0) is 37.3 Å². The first-order valence-corrected chi connectivity index (χ1v) is 8.34. The first-order valence-electron chi connectivity index (χ1n) is 8.34. The van der Waals surface area contributed by atoms with Crippen LogP contribution in [-0.4, -0.2) is 34.9 Å². The van der Waals surface area contributed by atoms with Crippen molar-refractivity contribution in [1.29, 1.82) is 0 Å². The Morgan fingerprint density at radius 3 is 2.91 bits per heavy atom. The van der Waals surface area contributed by atoms with Crippen LogP contribution in [-0.2, 0) is 4.74 Å². The molecule has 0 aromatic carbocycles. The lowest BCUT2D eigenvalue weighted by Gasteiger charge is -2.08. The lowest BCUT2D eigenvalue weighted by Crippen LogP contribution is -2.06. The highest BCUT2D eigenvalue weighted by Gasteiger charge is 2.14. The predicted molar refractivity (Wildman–Crippen MR) is 88.3 cm³/mol. The highest BCUT2D eigenvalue weighted by molar-refractivity contribution is 5.54. The van der Waals surface area contributed by atoms with Crippen molar-refractivity contribution >= 4 is 5.82 Å². The third kappa shape index (κ3) is 4.28. The number of pyridine rings is 1. The molecule has 0 spiro atoms. The number of nitrogens with one attached hydrogen (secondary N) is 1. The zero-order valence-electron chi connectivity index (χ0n) is 13.8. The third-order valence-electron chi connectivity index (χ3n) is 4.09. The summed E-state index contributed by atoms with van der Waals surface area (Å²) in [6.07, 6.45) is 5.32. The van der Waals surface area contributed by atoms with Gasteiger partial charge in [0.15, 0.2) is 5.82 Å². The molecule has 23 heavy (non-hydrogen) atoms. The molecule has 124 valence electrons. The molecular formula is C17H24N4O2. The molecule has 1 atom stereocenters. The van der Waals surface area contributed by atoms with Crippen molar-refractivity contribution in [2.24, 2.45) is 5.92 Å². The molecule has 2 aromatic rings. The molecule has 0 saturated carbocycles. The Morgan fingerprint density at radius 1 is 1.35 bits per heavy atom. The van der Waals surface area contributed by atoms with Crippen LogP contribution in [0.1, 0.15) is 44.9 Å². The summed E-state index contributed by atoms with van der Waals surface area (Å²) in [5, 5.41) is 7.33. The molecule has 3 rings (SSSR count). The van der Waals surface area contributed by atoms with Crippen molar-refractivity contribution < 1.29 is 9.26 Å². The van der Waals surface area contributed by atoms with Gasteiger partial charge in [-0.2, -0.15) is 4.98 Å². The fourth-order valence-corrected chi connectivity index (χ4v) is 2.63. The van der Waals surface area contributed by atoms with Crippen molar-refractivity contribution in [2.75, 3.05) is 25.1 Å². The SMILES string of the molecule is CC(C)c1noc(-c2ccc(NCCC[C@H]3CCOC3)nc2)n1. The van der Waals surface area contributed by atoms with E-state index in [-0.39, 0.29) is 5.92 Å². The summed E-state index contributed by atoms with van der Waals surface area (Å²) < 4.78 is 10.7. The minimum atomic E-state index is 0.256. The minimum Gasteiger partial charge on any atom is -0.381 e. The lowest BCUT2D eigenvalue weighted by molar-refractivity contribution is 0.184. The van der Waals surface area contributed by atoms with Gasteiger partial charge >= 0.3 is 0 Å². The molecule has 1 fully saturated rings. The third-order valence-corrected chi connectivity index (χ3v) is 4.09. The molecule has 1 N–H and O–H groups in total. The molecule has 6 heteroatoms. The van der Waals surface area contributed by atoms with Crippen LogP contribution in [0.3, 0.4) is 0 Å². The number of nitrogens with zero attached hydrogens (tertiary/aromatic N) is 3. The number of ether oxygens (including phenoxy) is 1. The minimum absolute atomic E-state index is 0.256. The Hall–Kier alpha value is -1.95. The Balaban J connectivity index is 1.48. The van der Waals surface area contributed by atoms with Gasteiger partial charge in [0.1, 0.15) is 5.82 Å². The number of aromatic nitrogens is 3. The van der Waals surface area contributed by atoms with Gasteiger partial charge in [-0.15, -0.1) is 0 Å². The summed E-state index contributed by atoms with van der Waals surface area (Å²) in [5.74, 6) is 3.11. The number of rotatable bonds is 7. The second-order valence-electron chi connectivity index (χ2n) is 6.34. The average Bonchev–Trinajstić information content (AvgIpc) is 3.24. The summed E-state index contributed by atoms with van der Waals surface area (Å²) in [4.78, 5) is 8.79. The van der Waals surface area contributed by atoms with E-state index in [4.69, 9.17) is 9.26 Å². The Labute approximate surface area is 136 Å². The Kier molecular flexibility index (Phi) is 5.23. The standard InChI is InChI=1S/C17H24N4O2/c1-12(2)16-20-17(23-21-16)14-5-6-15(19-10-14)18-8-3-4-13-7-9-22-11-13/h5-6,10,12-13H,3-4,7-9,11H2,1-2H3,(H,18,19)/t13-/m0/s1. The molecule has 0 aliphatic carbocycles. The first-order chi connectivity index (χ1) is 11.2. The number of hydrogen-bond acceptors (Lipinski definition) is 6. The van der Waals surface area contributed by atoms with Crippen LogP contribution in [0.25, 0.3) is 11.5 Å². The fraction of sp³-hybridized carbons (Fsp3) is 0.588. The molecule has 1 aliphatic heterocycles. The summed E-state index contributed by atoms with van der Waals surface area (Å²) in [6, 6.07) is 3.91. The van der Waals surface area contributed by atoms with E-state index in [9.17, 15) is 0 Å². The Morgan fingerprint density at radius 2 is 2.26 bits per heavy atom. The van der Waals surface area contributed by atoms with Crippen molar-refractivity contribution in [2.45, 2.75) is 39.0 Å². The largest absolute Gasteiger partial charge is 0.381 e. The average molecular weight is 316 g/mol. The van der Waals surface area contributed by atoms with E-state index in [2.05, 4.69) is 20.4 Å². The molecule has 1 aliphatic rings. The van der Waals surface area contributed by atoms with Crippen LogP contribution in [0.5, 0.6) is 0 Å². The summed E-state index contributed by atoms with van der Waals surface area (Å²) in [5.41, 5.74) is 0.845. The molecule has 3 heterocycles. The second kappa shape index (κ2) is 7.55. The van der Waals surface area contributed by atoms with Crippen LogP contribution in [0, 0.1) is 5.92 Å². The summed E-state index contributed by atoms with van der Waals surface area (Å²) >= 11 is 0. The van der Waals surface area contributed by atoms with Crippen molar-refractivity contribution in [1.82, 2.24) is 15.1 Å². The monoisotopic (exact) mass is 316 g/mol. The van der Waals surface area contributed by atoms with Gasteiger partial charge in [-0.3, -0.25) is 0 Å². The maximum absolute atomic E-state index is 5.39. The van der Waals surface area contributed by atoms with Gasteiger partial charge < -0.3 is 14.6 Å². The van der Waals surface area contributed by atoms with E-state index >= 15 is 0 Å². The van der Waals surface area contributed by atoms with E-state index in [1.165, 1.54) is 12.8 Å². The van der Waals surface area contributed by atoms with Crippen molar-refractivity contribution in [3.63, 3.8) is 0 Å². The van der Waals surface area contributed by atoms with E-state index in [1.54, 1.807) is 6.20 Å². The maximum Gasteiger partial charge on any atom is 0.259 e. The second-order valence-corrected chi connectivity index (χ2v) is 6.34. The van der Waals surface area contributed by atoms with Crippen LogP contribution in [0.2, 0.25) is 0 Å². The van der Waals surface area contributed by atoms with Gasteiger partial charge in [-0.1, -0.05) is 19.0 Å². The highest BCUT2D eigenvalue weighted by atomic mass is 16.5. The van der Waals surface area contributed by atoms with Crippen molar-refractivity contribution in [3.8, 4) is 11.5 Å². The van der Waals surface area contributed by atoms with Gasteiger partial charge in [0.25, 0.3) is 5.89 Å². The number of anilines is 1. The van der Waals surface area contributed by atoms with Crippen LogP contribution in [0.4, 0.5) is 5.82 Å². The lowest BCUT2D eigenvalue weighted by atomic mass is 10.0. The maximum atomic E-state index is 5.39. The molecule has 1 saturated heterocycles. The van der Waals surface area contributed by atoms with Crippen LogP contribution in [0.15, 0.2) is 22.9 Å². The van der Waals surface area contributed by atoms with Gasteiger partial charge in [0.2, 0.25) is 0 Å². The molecule has 2 aromatic heterocycles. The van der Waals surface area contributed by atoms with E-state index in [0.29, 0.717) is 5.89 Å². The zero-order chi connectivity index (χ0) is 16.1. The molecular weight excluding hydrogens is 292 g/mol. The van der Waals surface area contributed by atoms with E-state index < -0.39 is 0 Å². The summed E-state index contributed by atoms with van der Waals surface area (Å²) in [6.45, 7) is 6.86. The zero-order valence-corrected chi connectivity index (χ0v) is 13.8. The van der Waals surface area contributed by atoms with Gasteiger partial charge in [0, 0.05) is 31.9 Å². The van der Waals surface area contributed by atoms with Gasteiger partial charge in [-0.25, -0.2) is 4.98 Å². The van der Waals surface area contributed by atoms with Crippen LogP contribution >= 0.6 is 0 Å². The van der Waals surface area contributed by atoms with E-state index in [1.807, 2.05) is 26.0 Å². The van der Waals surface area contributed by atoms with Gasteiger partial charge in [0.05, 0.1) is 5.56 Å². The Bertz CT molecular complexity index is 603. The smallest absolute Gasteiger partial charge is 0.259 e. The first kappa shape index (κ1) is 15.9. The molecule has 0 bridgehead atoms.